The highest BCUT2D eigenvalue weighted by Gasteiger charge is 2.20. The topological polar surface area (TPSA) is 104 Å². The van der Waals surface area contributed by atoms with Crippen molar-refractivity contribution < 1.29 is 4.79 Å². The minimum atomic E-state index is 0.131. The van der Waals surface area contributed by atoms with Crippen LogP contribution >= 0.6 is 0 Å². The SMILES string of the molecule is CN(C)CC(=O)N1CC=C(c2cnc(N)c(-c3nc4ccccc4[nH]3)n2)CC1. The van der Waals surface area contributed by atoms with Crippen LogP contribution in [0.1, 0.15) is 12.1 Å². The average molecular weight is 377 g/mol. The maximum Gasteiger partial charge on any atom is 0.237 e. The Bertz CT molecular complexity index is 1020. The summed E-state index contributed by atoms with van der Waals surface area (Å²) in [6, 6.07) is 7.79. The Morgan fingerprint density at radius 3 is 2.82 bits per heavy atom. The molecule has 0 saturated carbocycles. The van der Waals surface area contributed by atoms with E-state index in [4.69, 9.17) is 10.7 Å². The van der Waals surface area contributed by atoms with Crippen molar-refractivity contribution in [1.82, 2.24) is 29.7 Å². The van der Waals surface area contributed by atoms with Crippen LogP contribution in [0.25, 0.3) is 28.1 Å². The van der Waals surface area contributed by atoms with Gasteiger partial charge in [0.2, 0.25) is 5.91 Å². The van der Waals surface area contributed by atoms with Crippen LogP contribution in [-0.4, -0.2) is 69.4 Å². The van der Waals surface area contributed by atoms with Crippen LogP contribution in [0.5, 0.6) is 0 Å². The molecule has 1 amide bonds. The van der Waals surface area contributed by atoms with Gasteiger partial charge in [-0.3, -0.25) is 4.79 Å². The molecule has 0 atom stereocenters. The standard InChI is InChI=1S/C20H23N7O/c1-26(2)12-17(28)27-9-7-13(8-10-27)16-11-22-19(21)18(23-16)20-24-14-5-3-4-6-15(14)25-20/h3-7,11H,8-10,12H2,1-2H3,(H2,21,22)(H,24,25). The van der Waals surface area contributed by atoms with Gasteiger partial charge in [-0.2, -0.15) is 0 Å². The summed E-state index contributed by atoms with van der Waals surface area (Å²) in [5.74, 6) is 1.07. The van der Waals surface area contributed by atoms with Crippen LogP contribution in [0.15, 0.2) is 36.5 Å². The quantitative estimate of drug-likeness (QED) is 0.718. The van der Waals surface area contributed by atoms with Crippen molar-refractivity contribution in [2.45, 2.75) is 6.42 Å². The third kappa shape index (κ3) is 3.59. The van der Waals surface area contributed by atoms with E-state index in [0.29, 0.717) is 37.0 Å². The number of aromatic amines is 1. The molecule has 2 aromatic heterocycles. The highest BCUT2D eigenvalue weighted by molar-refractivity contribution is 5.81. The predicted octanol–water partition coefficient (Wildman–Crippen LogP) is 1.78. The highest BCUT2D eigenvalue weighted by Crippen LogP contribution is 2.26. The molecule has 0 unspecified atom stereocenters. The zero-order valence-corrected chi connectivity index (χ0v) is 16.0. The van der Waals surface area contributed by atoms with Gasteiger partial charge in [0.25, 0.3) is 0 Å². The summed E-state index contributed by atoms with van der Waals surface area (Å²) in [5, 5.41) is 0. The number of H-pyrrole nitrogens is 1. The summed E-state index contributed by atoms with van der Waals surface area (Å²) in [6.07, 6.45) is 4.46. The Labute approximate surface area is 163 Å². The smallest absolute Gasteiger partial charge is 0.237 e. The van der Waals surface area contributed by atoms with Gasteiger partial charge in [0, 0.05) is 13.1 Å². The lowest BCUT2D eigenvalue weighted by Crippen LogP contribution is -2.40. The number of aromatic nitrogens is 4. The molecule has 1 aliphatic rings. The fraction of sp³-hybridized carbons (Fsp3) is 0.300. The number of rotatable bonds is 4. The second-order valence-corrected chi connectivity index (χ2v) is 7.15. The number of carbonyl (C=O) groups is 1. The van der Waals surface area contributed by atoms with E-state index in [1.165, 1.54) is 0 Å². The Balaban J connectivity index is 1.59. The second-order valence-electron chi connectivity index (χ2n) is 7.15. The minimum absolute atomic E-state index is 0.131. The van der Waals surface area contributed by atoms with E-state index >= 15 is 0 Å². The third-order valence-corrected chi connectivity index (χ3v) is 4.76. The average Bonchev–Trinajstić information content (AvgIpc) is 3.12. The van der Waals surface area contributed by atoms with Gasteiger partial charge in [-0.15, -0.1) is 0 Å². The largest absolute Gasteiger partial charge is 0.382 e. The van der Waals surface area contributed by atoms with E-state index in [1.54, 1.807) is 6.20 Å². The zero-order chi connectivity index (χ0) is 19.7. The molecule has 3 N–H and O–H groups in total. The van der Waals surface area contributed by atoms with E-state index < -0.39 is 0 Å². The number of fused-ring (bicyclic) bond motifs is 1. The first-order valence-corrected chi connectivity index (χ1v) is 9.21. The molecule has 28 heavy (non-hydrogen) atoms. The van der Waals surface area contributed by atoms with Crippen LogP contribution in [0.2, 0.25) is 0 Å². The molecule has 4 rings (SSSR count). The van der Waals surface area contributed by atoms with Crippen molar-refractivity contribution in [3.05, 3.63) is 42.2 Å². The minimum Gasteiger partial charge on any atom is -0.382 e. The van der Waals surface area contributed by atoms with Gasteiger partial charge in [-0.05, 0) is 38.2 Å². The van der Waals surface area contributed by atoms with E-state index in [9.17, 15) is 4.79 Å². The maximum atomic E-state index is 12.2. The van der Waals surface area contributed by atoms with Gasteiger partial charge in [-0.1, -0.05) is 18.2 Å². The van der Waals surface area contributed by atoms with Gasteiger partial charge >= 0.3 is 0 Å². The molecule has 0 saturated heterocycles. The number of likely N-dealkylation sites (N-methyl/N-ethyl adjacent to an activating group) is 1. The number of benzene rings is 1. The fourth-order valence-electron chi connectivity index (χ4n) is 3.29. The van der Waals surface area contributed by atoms with Crippen molar-refractivity contribution >= 4 is 28.3 Å². The molecule has 0 bridgehead atoms. The molecule has 0 radical (unpaired) electrons. The molecular weight excluding hydrogens is 354 g/mol. The van der Waals surface area contributed by atoms with Gasteiger partial charge in [0.05, 0.1) is 29.5 Å². The molecule has 3 aromatic rings. The summed E-state index contributed by atoms with van der Waals surface area (Å²) in [4.78, 5) is 32.8. The monoisotopic (exact) mass is 377 g/mol. The van der Waals surface area contributed by atoms with Gasteiger partial charge in [0.15, 0.2) is 11.6 Å². The molecule has 1 aromatic carbocycles. The molecule has 0 spiro atoms. The first-order valence-electron chi connectivity index (χ1n) is 9.21. The Hall–Kier alpha value is -3.26. The number of hydrogen-bond donors (Lipinski definition) is 2. The number of nitrogen functional groups attached to an aromatic ring is 1. The van der Waals surface area contributed by atoms with Gasteiger partial charge in [-0.25, -0.2) is 15.0 Å². The van der Waals surface area contributed by atoms with Crippen molar-refractivity contribution in [1.29, 1.82) is 0 Å². The van der Waals surface area contributed by atoms with Crippen molar-refractivity contribution in [2.75, 3.05) is 39.5 Å². The molecule has 0 aliphatic carbocycles. The third-order valence-electron chi connectivity index (χ3n) is 4.76. The van der Waals surface area contributed by atoms with Gasteiger partial charge < -0.3 is 20.5 Å². The first-order chi connectivity index (χ1) is 13.5. The molecular formula is C20H23N7O. The molecule has 1 aliphatic heterocycles. The van der Waals surface area contributed by atoms with Crippen LogP contribution in [0.4, 0.5) is 5.82 Å². The number of nitrogens with two attached hydrogens (primary N) is 1. The van der Waals surface area contributed by atoms with Gasteiger partial charge in [0.1, 0.15) is 5.69 Å². The van der Waals surface area contributed by atoms with Crippen LogP contribution in [0, 0.1) is 0 Å². The number of nitrogens with one attached hydrogen (secondary N) is 1. The fourth-order valence-corrected chi connectivity index (χ4v) is 3.29. The van der Waals surface area contributed by atoms with Crippen LogP contribution < -0.4 is 5.73 Å². The molecule has 144 valence electrons. The lowest BCUT2D eigenvalue weighted by Gasteiger charge is -2.27. The normalized spacial score (nSPS) is 14.5. The molecule has 3 heterocycles. The number of anilines is 1. The summed E-state index contributed by atoms with van der Waals surface area (Å²) in [7, 11) is 3.79. The Morgan fingerprint density at radius 1 is 1.29 bits per heavy atom. The maximum absolute atomic E-state index is 12.2. The number of para-hydroxylation sites is 2. The van der Waals surface area contributed by atoms with E-state index in [1.807, 2.05) is 54.2 Å². The van der Waals surface area contributed by atoms with E-state index in [0.717, 1.165) is 28.7 Å². The number of imidazole rings is 1. The predicted molar refractivity (Wildman–Crippen MR) is 109 cm³/mol. The lowest BCUT2D eigenvalue weighted by molar-refractivity contribution is -0.131. The van der Waals surface area contributed by atoms with Crippen molar-refractivity contribution in [2.24, 2.45) is 0 Å². The van der Waals surface area contributed by atoms with Crippen LogP contribution in [0.3, 0.4) is 0 Å². The number of nitrogens with zero attached hydrogens (tertiary/aromatic N) is 5. The molecule has 8 nitrogen and oxygen atoms in total. The van der Waals surface area contributed by atoms with Crippen molar-refractivity contribution in [3.8, 4) is 11.5 Å². The number of hydrogen-bond acceptors (Lipinski definition) is 6. The highest BCUT2D eigenvalue weighted by atomic mass is 16.2. The zero-order valence-electron chi connectivity index (χ0n) is 16.0. The van der Waals surface area contributed by atoms with E-state index in [2.05, 4.69) is 15.0 Å². The summed E-state index contributed by atoms with van der Waals surface area (Å²) in [6.45, 7) is 1.67. The summed E-state index contributed by atoms with van der Waals surface area (Å²) >= 11 is 0. The second kappa shape index (κ2) is 7.40. The first kappa shape index (κ1) is 18.1. The summed E-state index contributed by atoms with van der Waals surface area (Å²) < 4.78 is 0. The Morgan fingerprint density at radius 2 is 2.11 bits per heavy atom. The summed E-state index contributed by atoms with van der Waals surface area (Å²) in [5.41, 5.74) is 10.2. The van der Waals surface area contributed by atoms with Crippen molar-refractivity contribution in [3.63, 3.8) is 0 Å². The van der Waals surface area contributed by atoms with Crippen LogP contribution in [-0.2, 0) is 4.79 Å². The molecule has 0 fully saturated rings. The molecule has 8 heteroatoms. The van der Waals surface area contributed by atoms with E-state index in [-0.39, 0.29) is 5.91 Å². The lowest BCUT2D eigenvalue weighted by atomic mass is 10.0. The number of carbonyl (C=O) groups excluding carboxylic acids is 1. The Kier molecular flexibility index (Phi) is 4.79. The number of amides is 1.